The molecule has 0 aromatic heterocycles. The maximum Gasteiger partial charge on any atom is 0.335 e. The second kappa shape index (κ2) is 4.59. The summed E-state index contributed by atoms with van der Waals surface area (Å²) in [5, 5.41) is 0. The fraction of sp³-hybridized carbons (Fsp3) is 0.824. The maximum absolute atomic E-state index is 11.7. The van der Waals surface area contributed by atoms with Crippen LogP contribution in [0.3, 0.4) is 0 Å². The molecule has 4 bridgehead atoms. The molecule has 0 saturated heterocycles. The molecule has 0 aliphatic heterocycles. The zero-order valence-corrected chi connectivity index (χ0v) is 12.9. The van der Waals surface area contributed by atoms with E-state index in [1.165, 1.54) is 19.3 Å². The van der Waals surface area contributed by atoms with E-state index in [9.17, 15) is 4.79 Å². The molecule has 4 rings (SSSR count). The number of hydrogen-bond acceptors (Lipinski definition) is 3. The molecule has 0 spiro atoms. The number of carbonyl (C=O) groups excluding carboxylic acids is 1. The van der Waals surface area contributed by atoms with Crippen molar-refractivity contribution in [3.05, 3.63) is 12.2 Å². The topological polar surface area (TPSA) is 35.5 Å². The predicted molar refractivity (Wildman–Crippen MR) is 77.0 cm³/mol. The Morgan fingerprint density at radius 1 is 1.10 bits per heavy atom. The molecular formula is C17H26O3. The van der Waals surface area contributed by atoms with Crippen molar-refractivity contribution in [2.45, 2.75) is 70.7 Å². The first kappa shape index (κ1) is 14.1. The van der Waals surface area contributed by atoms with Crippen LogP contribution in [0.5, 0.6) is 0 Å². The summed E-state index contributed by atoms with van der Waals surface area (Å²) in [5.41, 5.74) is 0.375. The van der Waals surface area contributed by atoms with Crippen molar-refractivity contribution in [3.63, 3.8) is 0 Å². The van der Waals surface area contributed by atoms with Gasteiger partial charge in [-0.2, -0.15) is 0 Å². The van der Waals surface area contributed by atoms with Gasteiger partial charge < -0.3 is 9.47 Å². The van der Waals surface area contributed by atoms with Crippen LogP contribution in [-0.4, -0.2) is 17.4 Å². The molecule has 3 nitrogen and oxygen atoms in total. The molecule has 0 atom stereocenters. The van der Waals surface area contributed by atoms with Gasteiger partial charge in [0.05, 0.1) is 5.60 Å². The maximum atomic E-state index is 11.7. The molecule has 0 heterocycles. The van der Waals surface area contributed by atoms with Crippen LogP contribution in [0.1, 0.15) is 59.3 Å². The number of hydrogen-bond donors (Lipinski definition) is 0. The van der Waals surface area contributed by atoms with E-state index >= 15 is 0 Å². The molecule has 0 unspecified atom stereocenters. The van der Waals surface area contributed by atoms with E-state index in [2.05, 4.69) is 6.58 Å². The lowest BCUT2D eigenvalue weighted by atomic mass is 9.54. The summed E-state index contributed by atoms with van der Waals surface area (Å²) in [5.74, 6) is 1.26. The van der Waals surface area contributed by atoms with Gasteiger partial charge in [0.2, 0.25) is 5.79 Å². The van der Waals surface area contributed by atoms with Gasteiger partial charge >= 0.3 is 5.97 Å². The molecule has 4 saturated carbocycles. The molecule has 112 valence electrons. The molecule has 0 N–H and O–H groups in total. The van der Waals surface area contributed by atoms with E-state index in [-0.39, 0.29) is 11.6 Å². The van der Waals surface area contributed by atoms with Crippen LogP contribution in [0.4, 0.5) is 0 Å². The van der Waals surface area contributed by atoms with Crippen LogP contribution in [0.15, 0.2) is 12.2 Å². The summed E-state index contributed by atoms with van der Waals surface area (Å²) in [6, 6.07) is 0. The van der Waals surface area contributed by atoms with Gasteiger partial charge in [-0.05, 0) is 63.2 Å². The minimum atomic E-state index is -0.859. The van der Waals surface area contributed by atoms with E-state index in [0.29, 0.717) is 5.57 Å². The SMILES string of the molecule is C=C(C)C(=O)OC(C)(C)OC12CC3CC(CC(C3)C1)C2. The third-order valence-electron chi connectivity index (χ3n) is 5.13. The van der Waals surface area contributed by atoms with Gasteiger partial charge in [0, 0.05) is 19.4 Å². The van der Waals surface area contributed by atoms with Crippen molar-refractivity contribution < 1.29 is 14.3 Å². The summed E-state index contributed by atoms with van der Waals surface area (Å²) in [6.45, 7) is 9.01. The first-order chi connectivity index (χ1) is 9.27. The lowest BCUT2D eigenvalue weighted by Gasteiger charge is -2.57. The lowest BCUT2D eigenvalue weighted by molar-refractivity contribution is -0.290. The van der Waals surface area contributed by atoms with Crippen molar-refractivity contribution in [1.29, 1.82) is 0 Å². The van der Waals surface area contributed by atoms with Gasteiger partial charge in [-0.1, -0.05) is 6.58 Å². The van der Waals surface area contributed by atoms with E-state index in [4.69, 9.17) is 9.47 Å². The summed E-state index contributed by atoms with van der Waals surface area (Å²) in [7, 11) is 0. The standard InChI is InChI=1S/C17H26O3/c1-11(2)15(18)19-16(3,4)20-17-8-12-5-13(9-17)7-14(6-12)10-17/h12-14H,1,5-10H2,2-4H3. The summed E-state index contributed by atoms with van der Waals surface area (Å²) >= 11 is 0. The lowest BCUT2D eigenvalue weighted by Crippen LogP contribution is -2.55. The van der Waals surface area contributed by atoms with Crippen LogP contribution in [0, 0.1) is 17.8 Å². The van der Waals surface area contributed by atoms with Crippen molar-refractivity contribution in [2.24, 2.45) is 17.8 Å². The smallest absolute Gasteiger partial charge is 0.335 e. The third-order valence-corrected chi connectivity index (χ3v) is 5.13. The van der Waals surface area contributed by atoms with Gasteiger partial charge in [0.15, 0.2) is 0 Å². The molecular weight excluding hydrogens is 252 g/mol. The van der Waals surface area contributed by atoms with Crippen LogP contribution in [0.2, 0.25) is 0 Å². The molecule has 0 aromatic carbocycles. The highest BCUT2D eigenvalue weighted by Crippen LogP contribution is 2.58. The number of carbonyl (C=O) groups is 1. The van der Waals surface area contributed by atoms with Crippen LogP contribution < -0.4 is 0 Å². The second-order valence-corrected chi connectivity index (χ2v) is 7.77. The van der Waals surface area contributed by atoms with Crippen molar-refractivity contribution in [1.82, 2.24) is 0 Å². The first-order valence-electron chi connectivity index (χ1n) is 7.86. The predicted octanol–water partition coefficient (Wildman–Crippen LogP) is 3.83. The molecule has 0 amide bonds. The van der Waals surface area contributed by atoms with E-state index in [1.807, 2.05) is 13.8 Å². The third kappa shape index (κ3) is 2.65. The van der Waals surface area contributed by atoms with E-state index in [0.717, 1.165) is 37.0 Å². The molecule has 4 aliphatic rings. The Balaban J connectivity index is 1.70. The molecule has 4 aliphatic carbocycles. The quantitative estimate of drug-likeness (QED) is 0.445. The average Bonchev–Trinajstić information content (AvgIpc) is 2.23. The Morgan fingerprint density at radius 3 is 1.95 bits per heavy atom. The zero-order valence-electron chi connectivity index (χ0n) is 12.9. The van der Waals surface area contributed by atoms with Gasteiger partial charge in [-0.15, -0.1) is 0 Å². The van der Waals surface area contributed by atoms with Gasteiger partial charge in [-0.3, -0.25) is 0 Å². The molecule has 0 aromatic rings. The minimum absolute atomic E-state index is 0.0480. The van der Waals surface area contributed by atoms with Gasteiger partial charge in [0.1, 0.15) is 0 Å². The average molecular weight is 278 g/mol. The minimum Gasteiger partial charge on any atom is -0.430 e. The Morgan fingerprint density at radius 2 is 1.55 bits per heavy atom. The fourth-order valence-corrected chi connectivity index (χ4v) is 5.01. The number of esters is 1. The second-order valence-electron chi connectivity index (χ2n) is 7.77. The number of rotatable bonds is 4. The highest BCUT2D eigenvalue weighted by Gasteiger charge is 2.53. The Kier molecular flexibility index (Phi) is 3.24. The molecule has 20 heavy (non-hydrogen) atoms. The van der Waals surface area contributed by atoms with Gasteiger partial charge in [0.25, 0.3) is 0 Å². The molecule has 4 fully saturated rings. The summed E-state index contributed by atoms with van der Waals surface area (Å²) in [6.07, 6.45) is 7.59. The molecule has 0 radical (unpaired) electrons. The number of ether oxygens (including phenoxy) is 2. The summed E-state index contributed by atoms with van der Waals surface area (Å²) < 4.78 is 11.9. The highest BCUT2D eigenvalue weighted by atomic mass is 16.7. The van der Waals surface area contributed by atoms with Crippen LogP contribution >= 0.6 is 0 Å². The first-order valence-corrected chi connectivity index (χ1v) is 7.86. The van der Waals surface area contributed by atoms with Gasteiger partial charge in [-0.25, -0.2) is 4.79 Å². The van der Waals surface area contributed by atoms with E-state index < -0.39 is 5.79 Å². The highest BCUT2D eigenvalue weighted by molar-refractivity contribution is 5.87. The largest absolute Gasteiger partial charge is 0.430 e. The van der Waals surface area contributed by atoms with Crippen LogP contribution in [-0.2, 0) is 14.3 Å². The Hall–Kier alpha value is -0.830. The Bertz CT molecular complexity index is 400. The Labute approximate surface area is 121 Å². The van der Waals surface area contributed by atoms with Crippen LogP contribution in [0.25, 0.3) is 0 Å². The van der Waals surface area contributed by atoms with Crippen molar-refractivity contribution in [3.8, 4) is 0 Å². The summed E-state index contributed by atoms with van der Waals surface area (Å²) in [4.78, 5) is 11.7. The van der Waals surface area contributed by atoms with E-state index in [1.54, 1.807) is 6.92 Å². The monoisotopic (exact) mass is 278 g/mol. The normalized spacial score (nSPS) is 38.9. The fourth-order valence-electron chi connectivity index (χ4n) is 5.01. The molecule has 3 heteroatoms. The van der Waals surface area contributed by atoms with Crippen molar-refractivity contribution >= 4 is 5.97 Å². The zero-order chi connectivity index (χ0) is 14.5. The van der Waals surface area contributed by atoms with Crippen molar-refractivity contribution in [2.75, 3.05) is 0 Å².